The molecule has 0 atom stereocenters. The van der Waals surface area contributed by atoms with E-state index in [0.717, 1.165) is 4.79 Å². The molecular weight excluding hydrogens is 296 g/mol. The molecule has 8 nitrogen and oxygen atoms in total. The first kappa shape index (κ1) is 14.8. The Bertz CT molecular complexity index is 670. The maximum atomic E-state index is 6.17. The molecule has 0 aliphatic heterocycles. The van der Waals surface area contributed by atoms with E-state index >= 15 is 0 Å². The molecule has 1 aromatic heterocycles. The van der Waals surface area contributed by atoms with Crippen LogP contribution in [-0.2, 0) is 0 Å². The molecule has 0 amide bonds. The number of methoxy groups -OCH3 is 1. The van der Waals surface area contributed by atoms with Gasteiger partial charge in [-0.05, 0) is 22.6 Å². The largest absolute Gasteiger partial charge is 0.493 e. The average Bonchev–Trinajstić information content (AvgIpc) is 2.88. The van der Waals surface area contributed by atoms with Crippen LogP contribution in [0.25, 0.3) is 0 Å². The number of nitrogens with two attached hydrogens (primary N) is 1. The number of halogens is 1. The van der Waals surface area contributed by atoms with Crippen LogP contribution in [0.5, 0.6) is 11.5 Å². The van der Waals surface area contributed by atoms with Crippen molar-refractivity contribution in [3.8, 4) is 11.5 Å². The van der Waals surface area contributed by atoms with Gasteiger partial charge in [0, 0.05) is 5.56 Å². The van der Waals surface area contributed by atoms with E-state index in [0.29, 0.717) is 28.7 Å². The number of nitrogens with zero attached hydrogens (tertiary/aromatic N) is 5. The van der Waals surface area contributed by atoms with Gasteiger partial charge in [0.15, 0.2) is 11.5 Å². The van der Waals surface area contributed by atoms with Crippen molar-refractivity contribution in [1.29, 1.82) is 0 Å². The first-order valence-corrected chi connectivity index (χ1v) is 6.23. The van der Waals surface area contributed by atoms with Crippen LogP contribution in [0.2, 0.25) is 5.02 Å². The molecule has 0 saturated heterocycles. The SMILES string of the molecule is C=CCOc1c(Cl)cc(/C=N\n2nnnc2N)cc1OC. The third-order valence-corrected chi connectivity index (χ3v) is 2.67. The zero-order valence-electron chi connectivity index (χ0n) is 11.2. The molecule has 0 aliphatic carbocycles. The molecule has 0 aliphatic rings. The van der Waals surface area contributed by atoms with Crippen LogP contribution in [0.1, 0.15) is 5.56 Å². The standard InChI is InChI=1S/C12H13ClN6O2/c1-3-4-21-11-9(13)5-8(6-10(11)20-2)7-15-19-12(14)16-17-18-19/h3,5-7H,1,4H2,2H3,(H2,14,16,18)/b15-7-. The highest BCUT2D eigenvalue weighted by Crippen LogP contribution is 2.36. The lowest BCUT2D eigenvalue weighted by Crippen LogP contribution is -2.01. The third-order valence-electron chi connectivity index (χ3n) is 2.39. The Labute approximate surface area is 125 Å². The van der Waals surface area contributed by atoms with Crippen molar-refractivity contribution < 1.29 is 9.47 Å². The second-order valence-electron chi connectivity index (χ2n) is 3.80. The van der Waals surface area contributed by atoms with Crippen LogP contribution in [0.15, 0.2) is 29.9 Å². The third kappa shape index (κ3) is 3.48. The van der Waals surface area contributed by atoms with Gasteiger partial charge in [-0.25, -0.2) is 0 Å². The lowest BCUT2D eigenvalue weighted by molar-refractivity contribution is 0.326. The Kier molecular flexibility index (Phi) is 4.72. The fraction of sp³-hybridized carbons (Fsp3) is 0.167. The Balaban J connectivity index is 2.29. The van der Waals surface area contributed by atoms with Crippen LogP contribution in [0.4, 0.5) is 5.95 Å². The summed E-state index contributed by atoms with van der Waals surface area (Å²) in [6.45, 7) is 3.91. The average molecular weight is 309 g/mol. The normalized spacial score (nSPS) is 10.8. The van der Waals surface area contributed by atoms with E-state index in [2.05, 4.69) is 27.2 Å². The Hall–Kier alpha value is -2.61. The Morgan fingerprint density at radius 2 is 2.33 bits per heavy atom. The zero-order chi connectivity index (χ0) is 15.2. The second-order valence-corrected chi connectivity index (χ2v) is 4.21. The maximum Gasteiger partial charge on any atom is 0.263 e. The first-order valence-electron chi connectivity index (χ1n) is 5.85. The summed E-state index contributed by atoms with van der Waals surface area (Å²) in [5.74, 6) is 1.00. The maximum absolute atomic E-state index is 6.17. The summed E-state index contributed by atoms with van der Waals surface area (Å²) in [7, 11) is 1.52. The molecule has 1 aromatic carbocycles. The second kappa shape index (κ2) is 6.71. The van der Waals surface area contributed by atoms with Gasteiger partial charge in [-0.1, -0.05) is 34.1 Å². The molecule has 2 rings (SSSR count). The molecule has 110 valence electrons. The van der Waals surface area contributed by atoms with Crippen molar-refractivity contribution in [2.24, 2.45) is 5.10 Å². The lowest BCUT2D eigenvalue weighted by atomic mass is 10.2. The van der Waals surface area contributed by atoms with Gasteiger partial charge in [0.1, 0.15) is 6.61 Å². The highest BCUT2D eigenvalue weighted by Gasteiger charge is 2.11. The van der Waals surface area contributed by atoms with Crippen LogP contribution in [0.3, 0.4) is 0 Å². The minimum Gasteiger partial charge on any atom is -0.493 e. The highest BCUT2D eigenvalue weighted by atomic mass is 35.5. The van der Waals surface area contributed by atoms with Gasteiger partial charge in [0.2, 0.25) is 0 Å². The van der Waals surface area contributed by atoms with Gasteiger partial charge in [-0.15, -0.1) is 0 Å². The highest BCUT2D eigenvalue weighted by molar-refractivity contribution is 6.32. The zero-order valence-corrected chi connectivity index (χ0v) is 12.0. The summed E-state index contributed by atoms with van der Waals surface area (Å²) in [4.78, 5) is 1.09. The fourth-order valence-corrected chi connectivity index (χ4v) is 1.76. The van der Waals surface area contributed by atoms with Crippen LogP contribution < -0.4 is 15.2 Å². The molecule has 0 radical (unpaired) electrons. The smallest absolute Gasteiger partial charge is 0.263 e. The van der Waals surface area contributed by atoms with E-state index in [1.54, 1.807) is 18.2 Å². The molecule has 2 aromatic rings. The molecule has 2 N–H and O–H groups in total. The molecule has 0 saturated carbocycles. The van der Waals surface area contributed by atoms with Crippen molar-refractivity contribution in [1.82, 2.24) is 20.3 Å². The number of rotatable bonds is 6. The van der Waals surface area contributed by atoms with E-state index in [1.165, 1.54) is 13.3 Å². The number of ether oxygens (including phenoxy) is 2. The van der Waals surface area contributed by atoms with Crippen molar-refractivity contribution >= 4 is 23.8 Å². The van der Waals surface area contributed by atoms with E-state index in [-0.39, 0.29) is 5.95 Å². The van der Waals surface area contributed by atoms with Crippen LogP contribution in [0, 0.1) is 0 Å². The van der Waals surface area contributed by atoms with Gasteiger partial charge in [-0.3, -0.25) is 0 Å². The molecule has 9 heteroatoms. The minimum atomic E-state index is 0.0789. The predicted molar refractivity (Wildman–Crippen MR) is 78.9 cm³/mol. The van der Waals surface area contributed by atoms with Crippen molar-refractivity contribution in [2.45, 2.75) is 0 Å². The molecule has 0 fully saturated rings. The summed E-state index contributed by atoms with van der Waals surface area (Å²) in [6, 6.07) is 3.39. The van der Waals surface area contributed by atoms with E-state index in [1.807, 2.05) is 0 Å². The number of nitrogen functional groups attached to an aromatic ring is 1. The minimum absolute atomic E-state index is 0.0789. The number of anilines is 1. The molecule has 1 heterocycles. The van der Waals surface area contributed by atoms with Crippen molar-refractivity contribution in [2.75, 3.05) is 19.5 Å². The summed E-state index contributed by atoms with van der Waals surface area (Å²) < 4.78 is 10.7. The van der Waals surface area contributed by atoms with Gasteiger partial charge in [-0.2, -0.15) is 5.10 Å². The molecule has 21 heavy (non-hydrogen) atoms. The van der Waals surface area contributed by atoms with E-state index < -0.39 is 0 Å². The Morgan fingerprint density at radius 1 is 1.52 bits per heavy atom. The summed E-state index contributed by atoms with van der Waals surface area (Å²) in [5.41, 5.74) is 6.18. The first-order chi connectivity index (χ1) is 10.2. The lowest BCUT2D eigenvalue weighted by Gasteiger charge is -2.11. The predicted octanol–water partition coefficient (Wildman–Crippen LogP) is 1.36. The van der Waals surface area contributed by atoms with Gasteiger partial charge >= 0.3 is 0 Å². The van der Waals surface area contributed by atoms with Crippen LogP contribution >= 0.6 is 11.6 Å². The van der Waals surface area contributed by atoms with Gasteiger partial charge < -0.3 is 15.2 Å². The molecule has 0 bridgehead atoms. The quantitative estimate of drug-likeness (QED) is 0.639. The number of aromatic nitrogens is 4. The number of benzene rings is 1. The number of tetrazole rings is 1. The van der Waals surface area contributed by atoms with E-state index in [9.17, 15) is 0 Å². The topological polar surface area (TPSA) is 100 Å². The van der Waals surface area contributed by atoms with Crippen molar-refractivity contribution in [3.63, 3.8) is 0 Å². The van der Waals surface area contributed by atoms with E-state index in [4.69, 9.17) is 26.8 Å². The molecule has 0 spiro atoms. The molecular formula is C12H13ClN6O2. The fourth-order valence-electron chi connectivity index (χ4n) is 1.49. The van der Waals surface area contributed by atoms with Crippen LogP contribution in [-0.4, -0.2) is 40.2 Å². The Morgan fingerprint density at radius 3 is 2.95 bits per heavy atom. The monoisotopic (exact) mass is 308 g/mol. The summed E-state index contributed by atoms with van der Waals surface area (Å²) in [5, 5.41) is 14.9. The van der Waals surface area contributed by atoms with Gasteiger partial charge in [0.05, 0.1) is 18.3 Å². The summed E-state index contributed by atoms with van der Waals surface area (Å²) >= 11 is 6.17. The summed E-state index contributed by atoms with van der Waals surface area (Å²) in [6.07, 6.45) is 3.12. The number of hydrogen-bond acceptors (Lipinski definition) is 7. The molecule has 0 unspecified atom stereocenters. The van der Waals surface area contributed by atoms with Crippen molar-refractivity contribution in [3.05, 3.63) is 35.4 Å². The van der Waals surface area contributed by atoms with Gasteiger partial charge in [0.25, 0.3) is 5.95 Å². The number of hydrogen-bond donors (Lipinski definition) is 1.